The van der Waals surface area contributed by atoms with Crippen LogP contribution in [0.5, 0.6) is 17.2 Å². The van der Waals surface area contributed by atoms with Crippen LogP contribution in [-0.4, -0.2) is 13.1 Å². The van der Waals surface area contributed by atoms with Crippen LogP contribution in [0.3, 0.4) is 0 Å². The van der Waals surface area contributed by atoms with E-state index in [-0.39, 0.29) is 0 Å². The summed E-state index contributed by atoms with van der Waals surface area (Å²) in [5.74, 6) is 0.839. The fraction of sp³-hybridized carbons (Fsp3) is 0.0952. The molecule has 0 aliphatic heterocycles. The molecule has 0 amide bonds. The lowest BCUT2D eigenvalue weighted by atomic mass is 10.2. The molecule has 0 spiro atoms. The highest BCUT2D eigenvalue weighted by Gasteiger charge is 2.09. The topological polar surface area (TPSA) is 71.1 Å². The fourth-order valence-electron chi connectivity index (χ4n) is 2.28. The Hall–Kier alpha value is -3.51. The highest BCUT2D eigenvalue weighted by atomic mass is 16.9. The van der Waals surface area contributed by atoms with Gasteiger partial charge in [-0.2, -0.15) is 0 Å². The molecule has 3 aromatic rings. The van der Waals surface area contributed by atoms with Gasteiger partial charge in [-0.25, -0.2) is 4.79 Å². The number of nitrogens with zero attached hydrogens (tertiary/aromatic N) is 1. The van der Waals surface area contributed by atoms with Crippen molar-refractivity contribution in [3.05, 3.63) is 89.1 Å². The first kappa shape index (κ1) is 18.3. The molecule has 0 aliphatic rings. The van der Waals surface area contributed by atoms with Gasteiger partial charge in [0.2, 0.25) is 0 Å². The number of hydrogen-bond acceptors (Lipinski definition) is 6. The van der Waals surface area contributed by atoms with Gasteiger partial charge in [0.15, 0.2) is 5.75 Å². The quantitative estimate of drug-likeness (QED) is 0.364. The molecule has 0 radical (unpaired) electrons. The number of carbonyl (C=O) groups excluding carboxylic acids is 1. The Bertz CT molecular complexity index is 889. The summed E-state index contributed by atoms with van der Waals surface area (Å²) in [4.78, 5) is 17.4. The second kappa shape index (κ2) is 8.25. The van der Waals surface area contributed by atoms with Crippen molar-refractivity contribution in [2.75, 3.05) is 12.3 Å². The Morgan fingerprint density at radius 3 is 1.96 bits per heavy atom. The zero-order valence-corrected chi connectivity index (χ0v) is 14.9. The van der Waals surface area contributed by atoms with Crippen LogP contribution in [0.2, 0.25) is 0 Å². The number of carbonyl (C=O) groups is 1. The molecule has 0 aliphatic carbocycles. The summed E-state index contributed by atoms with van der Waals surface area (Å²) in [6, 6.07) is 19.8. The maximum absolute atomic E-state index is 12.1. The standard InChI is InChI=1S/C21H18NO5/c1-15-3-7-17(8-4-15)22(24)27-20-13-11-19(12-14-20)26-21(23)16-5-9-18(25-2)10-6-16/h3-14H,1-2H3/q-1. The molecule has 6 nitrogen and oxygen atoms in total. The number of benzene rings is 3. The molecule has 0 bridgehead atoms. The van der Waals surface area contributed by atoms with E-state index in [4.69, 9.17) is 14.3 Å². The number of methoxy groups -OCH3 is 1. The zero-order chi connectivity index (χ0) is 19.2. The minimum atomic E-state index is -0.489. The monoisotopic (exact) mass is 364 g/mol. The number of anilines is 1. The van der Waals surface area contributed by atoms with Crippen LogP contribution in [-0.2, 0) is 0 Å². The molecule has 0 saturated heterocycles. The summed E-state index contributed by atoms with van der Waals surface area (Å²) in [6.45, 7) is 1.94. The lowest BCUT2D eigenvalue weighted by Gasteiger charge is -2.29. The predicted molar refractivity (Wildman–Crippen MR) is 102 cm³/mol. The van der Waals surface area contributed by atoms with Crippen LogP contribution in [0.4, 0.5) is 5.69 Å². The van der Waals surface area contributed by atoms with Gasteiger partial charge in [-0.05, 0) is 67.6 Å². The number of ether oxygens (including phenoxy) is 2. The van der Waals surface area contributed by atoms with Gasteiger partial charge in [-0.15, -0.1) is 0 Å². The summed E-state index contributed by atoms with van der Waals surface area (Å²) in [7, 11) is 1.55. The molecular weight excluding hydrogens is 346 g/mol. The Kier molecular flexibility index (Phi) is 5.58. The molecule has 0 aromatic heterocycles. The number of hydrogen-bond donors (Lipinski definition) is 0. The number of aryl methyl sites for hydroxylation is 1. The Labute approximate surface area is 157 Å². The predicted octanol–water partition coefficient (Wildman–Crippen LogP) is 4.52. The van der Waals surface area contributed by atoms with Crippen LogP contribution >= 0.6 is 0 Å². The van der Waals surface area contributed by atoms with E-state index >= 15 is 0 Å². The summed E-state index contributed by atoms with van der Waals surface area (Å²) in [5, 5.41) is 12.5. The van der Waals surface area contributed by atoms with Gasteiger partial charge in [0.05, 0.1) is 18.4 Å². The van der Waals surface area contributed by atoms with Crippen molar-refractivity contribution in [1.29, 1.82) is 0 Å². The van der Waals surface area contributed by atoms with Crippen molar-refractivity contribution in [1.82, 2.24) is 0 Å². The zero-order valence-electron chi connectivity index (χ0n) is 14.9. The molecule has 27 heavy (non-hydrogen) atoms. The molecule has 3 rings (SSSR count). The molecule has 6 heteroatoms. The Morgan fingerprint density at radius 1 is 0.815 bits per heavy atom. The average Bonchev–Trinajstić information content (AvgIpc) is 2.70. The van der Waals surface area contributed by atoms with Gasteiger partial charge in [0, 0.05) is 0 Å². The second-order valence-corrected chi connectivity index (χ2v) is 5.77. The number of esters is 1. The van der Waals surface area contributed by atoms with Crippen molar-refractivity contribution >= 4 is 11.7 Å². The average molecular weight is 364 g/mol. The summed E-state index contributed by atoms with van der Waals surface area (Å²) < 4.78 is 10.4. The van der Waals surface area contributed by atoms with E-state index < -0.39 is 5.97 Å². The van der Waals surface area contributed by atoms with E-state index in [1.807, 2.05) is 19.1 Å². The molecule has 0 unspecified atom stereocenters. The van der Waals surface area contributed by atoms with Crippen LogP contribution in [0, 0.1) is 12.1 Å². The fourth-order valence-corrected chi connectivity index (χ4v) is 2.28. The van der Waals surface area contributed by atoms with Crippen molar-refractivity contribution in [2.24, 2.45) is 0 Å². The highest BCUT2D eigenvalue weighted by Crippen LogP contribution is 2.22. The van der Waals surface area contributed by atoms with Crippen LogP contribution in [0.1, 0.15) is 15.9 Å². The highest BCUT2D eigenvalue weighted by molar-refractivity contribution is 5.91. The van der Waals surface area contributed by atoms with Crippen LogP contribution < -0.4 is 19.5 Å². The first-order valence-corrected chi connectivity index (χ1v) is 8.23. The molecule has 0 saturated carbocycles. The van der Waals surface area contributed by atoms with E-state index in [0.717, 1.165) is 5.56 Å². The third-order valence-corrected chi connectivity index (χ3v) is 3.79. The molecule has 0 atom stereocenters. The minimum Gasteiger partial charge on any atom is -0.724 e. The first-order valence-electron chi connectivity index (χ1n) is 8.23. The van der Waals surface area contributed by atoms with Crippen molar-refractivity contribution in [3.8, 4) is 17.2 Å². The van der Waals surface area contributed by atoms with Gasteiger partial charge in [0.25, 0.3) is 0 Å². The van der Waals surface area contributed by atoms with E-state index in [0.29, 0.717) is 33.7 Å². The maximum atomic E-state index is 12.1. The summed E-state index contributed by atoms with van der Waals surface area (Å²) in [6.07, 6.45) is 0. The smallest absolute Gasteiger partial charge is 0.343 e. The normalized spacial score (nSPS) is 10.2. The van der Waals surface area contributed by atoms with Crippen LogP contribution in [0.15, 0.2) is 72.8 Å². The van der Waals surface area contributed by atoms with E-state index in [1.54, 1.807) is 67.8 Å². The second-order valence-electron chi connectivity index (χ2n) is 5.77. The van der Waals surface area contributed by atoms with E-state index in [1.165, 1.54) is 0 Å². The Balaban J connectivity index is 1.60. The molecule has 0 N–H and O–H groups in total. The maximum Gasteiger partial charge on any atom is 0.343 e. The van der Waals surface area contributed by atoms with Gasteiger partial charge in [-0.1, -0.05) is 17.7 Å². The van der Waals surface area contributed by atoms with Crippen molar-refractivity contribution in [2.45, 2.75) is 6.92 Å². The summed E-state index contributed by atoms with van der Waals surface area (Å²) >= 11 is 0. The van der Waals surface area contributed by atoms with E-state index in [2.05, 4.69) is 0 Å². The largest absolute Gasteiger partial charge is 0.724 e. The molecule has 0 fully saturated rings. The third kappa shape index (κ3) is 4.77. The van der Waals surface area contributed by atoms with Crippen LogP contribution in [0.25, 0.3) is 0 Å². The molecule has 138 valence electrons. The summed E-state index contributed by atoms with van der Waals surface area (Å²) in [5.41, 5.74) is 1.84. The van der Waals surface area contributed by atoms with Gasteiger partial charge in [-0.3, -0.25) is 5.23 Å². The van der Waals surface area contributed by atoms with E-state index in [9.17, 15) is 10.0 Å². The molecular formula is C21H18NO5-. The van der Waals surface area contributed by atoms with Gasteiger partial charge in [0.1, 0.15) is 11.5 Å². The number of rotatable bonds is 6. The first-order chi connectivity index (χ1) is 13.0. The van der Waals surface area contributed by atoms with Crippen molar-refractivity contribution in [3.63, 3.8) is 0 Å². The van der Waals surface area contributed by atoms with Gasteiger partial charge < -0.3 is 19.5 Å². The SMILES string of the molecule is COc1ccc(C(=O)Oc2ccc(ON([O-])c3ccc(C)cc3)cc2)cc1. The lowest BCUT2D eigenvalue weighted by molar-refractivity contribution is 0.0734. The lowest BCUT2D eigenvalue weighted by Crippen LogP contribution is -2.19. The Morgan fingerprint density at radius 2 is 1.37 bits per heavy atom. The van der Waals surface area contributed by atoms with Gasteiger partial charge >= 0.3 is 5.97 Å². The van der Waals surface area contributed by atoms with Crippen molar-refractivity contribution < 1.29 is 19.1 Å². The molecule has 3 aromatic carbocycles. The molecule has 0 heterocycles. The minimum absolute atomic E-state index is 0.329. The third-order valence-electron chi connectivity index (χ3n) is 3.79.